The van der Waals surface area contributed by atoms with E-state index in [0.29, 0.717) is 6.54 Å². The first-order chi connectivity index (χ1) is 7.43. The van der Waals surface area contributed by atoms with Crippen LogP contribution in [0.4, 0.5) is 4.79 Å². The second-order valence-electron chi connectivity index (χ2n) is 4.29. The van der Waals surface area contributed by atoms with Crippen LogP contribution < -0.4 is 10.6 Å². The molecule has 3 N–H and O–H groups in total. The van der Waals surface area contributed by atoms with Crippen LogP contribution in [0.25, 0.3) is 0 Å². The molecule has 0 aromatic carbocycles. The third kappa shape index (κ3) is 3.92. The molecule has 0 aliphatic carbocycles. The van der Waals surface area contributed by atoms with E-state index in [-0.39, 0.29) is 4.75 Å². The Labute approximate surface area is 99.4 Å². The van der Waals surface area contributed by atoms with E-state index in [4.69, 9.17) is 5.11 Å². The predicted octanol–water partition coefficient (Wildman–Crippen LogP) is 1.04. The number of nitrogens with one attached hydrogen (secondary N) is 2. The lowest BCUT2D eigenvalue weighted by atomic mass is 10.1. The van der Waals surface area contributed by atoms with E-state index in [0.717, 1.165) is 12.2 Å². The van der Waals surface area contributed by atoms with Crippen molar-refractivity contribution in [2.75, 3.05) is 12.3 Å². The summed E-state index contributed by atoms with van der Waals surface area (Å²) in [7, 11) is 0. The van der Waals surface area contributed by atoms with Crippen molar-refractivity contribution in [3.05, 3.63) is 0 Å². The van der Waals surface area contributed by atoms with Gasteiger partial charge in [0.2, 0.25) is 0 Å². The number of aliphatic carboxylic acids is 1. The molecule has 1 unspecified atom stereocenters. The van der Waals surface area contributed by atoms with E-state index in [1.807, 2.05) is 11.8 Å². The van der Waals surface area contributed by atoms with Crippen molar-refractivity contribution in [2.45, 2.75) is 37.5 Å². The van der Waals surface area contributed by atoms with Crippen molar-refractivity contribution in [1.82, 2.24) is 10.6 Å². The SMILES string of the molecule is C[C@H](NC(=O)NCC1(C)CCCS1)C(=O)O. The normalized spacial score (nSPS) is 26.1. The van der Waals surface area contributed by atoms with Crippen LogP contribution in [0.3, 0.4) is 0 Å². The van der Waals surface area contributed by atoms with Gasteiger partial charge in [-0.15, -0.1) is 0 Å². The molecule has 6 heteroatoms. The van der Waals surface area contributed by atoms with E-state index in [2.05, 4.69) is 17.6 Å². The summed E-state index contributed by atoms with van der Waals surface area (Å²) in [6.07, 6.45) is 2.27. The maximum atomic E-state index is 11.4. The second-order valence-corrected chi connectivity index (χ2v) is 5.97. The lowest BCUT2D eigenvalue weighted by molar-refractivity contribution is -0.138. The van der Waals surface area contributed by atoms with Gasteiger partial charge in [-0.05, 0) is 32.4 Å². The largest absolute Gasteiger partial charge is 0.480 e. The highest BCUT2D eigenvalue weighted by Crippen LogP contribution is 2.36. The van der Waals surface area contributed by atoms with Crippen molar-refractivity contribution in [1.29, 1.82) is 0 Å². The molecule has 0 saturated carbocycles. The summed E-state index contributed by atoms with van der Waals surface area (Å²) in [5, 5.41) is 13.7. The lowest BCUT2D eigenvalue weighted by Gasteiger charge is -2.23. The maximum absolute atomic E-state index is 11.4. The van der Waals surface area contributed by atoms with Crippen LogP contribution >= 0.6 is 11.8 Å². The van der Waals surface area contributed by atoms with Crippen LogP contribution in [-0.2, 0) is 4.79 Å². The number of urea groups is 1. The summed E-state index contributed by atoms with van der Waals surface area (Å²) in [6.45, 7) is 4.13. The third-order valence-electron chi connectivity index (χ3n) is 2.64. The van der Waals surface area contributed by atoms with Crippen molar-refractivity contribution in [3.63, 3.8) is 0 Å². The average molecular weight is 246 g/mol. The summed E-state index contributed by atoms with van der Waals surface area (Å²) in [6, 6.07) is -1.27. The number of amides is 2. The van der Waals surface area contributed by atoms with Crippen LogP contribution in [0.5, 0.6) is 0 Å². The van der Waals surface area contributed by atoms with E-state index < -0.39 is 18.0 Å². The third-order valence-corrected chi connectivity index (χ3v) is 4.18. The Bertz CT molecular complexity index is 277. The van der Waals surface area contributed by atoms with Gasteiger partial charge in [-0.25, -0.2) is 4.79 Å². The van der Waals surface area contributed by atoms with Gasteiger partial charge in [-0.2, -0.15) is 11.8 Å². The Morgan fingerprint density at radius 2 is 2.25 bits per heavy atom. The topological polar surface area (TPSA) is 78.4 Å². The van der Waals surface area contributed by atoms with Gasteiger partial charge < -0.3 is 15.7 Å². The highest BCUT2D eigenvalue weighted by Gasteiger charge is 2.29. The highest BCUT2D eigenvalue weighted by molar-refractivity contribution is 8.00. The summed E-state index contributed by atoms with van der Waals surface area (Å²) < 4.78 is 0.101. The van der Waals surface area contributed by atoms with Gasteiger partial charge in [0.15, 0.2) is 0 Å². The molecule has 1 aliphatic heterocycles. The summed E-state index contributed by atoms with van der Waals surface area (Å²) >= 11 is 1.85. The minimum absolute atomic E-state index is 0.101. The van der Waals surface area contributed by atoms with Gasteiger partial charge in [0.1, 0.15) is 6.04 Å². The Morgan fingerprint density at radius 1 is 1.56 bits per heavy atom. The fourth-order valence-corrected chi connectivity index (χ4v) is 2.80. The molecule has 1 rings (SSSR count). The average Bonchev–Trinajstić information content (AvgIpc) is 2.63. The fraction of sp³-hybridized carbons (Fsp3) is 0.800. The van der Waals surface area contributed by atoms with Crippen LogP contribution in [0.1, 0.15) is 26.7 Å². The van der Waals surface area contributed by atoms with Gasteiger partial charge >= 0.3 is 12.0 Å². The number of hydrogen-bond acceptors (Lipinski definition) is 3. The zero-order valence-electron chi connectivity index (χ0n) is 9.58. The van der Waals surface area contributed by atoms with Crippen LogP contribution in [0.2, 0.25) is 0 Å². The molecule has 0 aromatic heterocycles. The molecule has 16 heavy (non-hydrogen) atoms. The standard InChI is InChI=1S/C10H18N2O3S/c1-7(8(13)14)12-9(15)11-6-10(2)4-3-5-16-10/h7H,3-6H2,1-2H3,(H,13,14)(H2,11,12,15)/t7-,10?/m0/s1. The molecule has 0 aromatic rings. The predicted molar refractivity (Wildman–Crippen MR) is 63.7 cm³/mol. The molecule has 2 amide bonds. The van der Waals surface area contributed by atoms with E-state index in [9.17, 15) is 9.59 Å². The molecule has 2 atom stereocenters. The molecule has 1 saturated heterocycles. The quantitative estimate of drug-likeness (QED) is 0.692. The molecule has 0 bridgehead atoms. The Kier molecular flexibility index (Phi) is 4.46. The molecule has 5 nitrogen and oxygen atoms in total. The van der Waals surface area contributed by atoms with Gasteiger partial charge in [-0.1, -0.05) is 0 Å². The minimum atomic E-state index is -1.03. The first-order valence-corrected chi connectivity index (χ1v) is 6.33. The number of carbonyl (C=O) groups excluding carboxylic acids is 1. The molecule has 0 radical (unpaired) electrons. The monoisotopic (exact) mass is 246 g/mol. The number of carboxylic acid groups (broad SMARTS) is 1. The fourth-order valence-electron chi connectivity index (χ4n) is 1.55. The molecular weight excluding hydrogens is 228 g/mol. The zero-order chi connectivity index (χ0) is 12.2. The first kappa shape index (κ1) is 13.2. The van der Waals surface area contributed by atoms with Crippen molar-refractivity contribution in [3.8, 4) is 0 Å². The van der Waals surface area contributed by atoms with E-state index in [1.165, 1.54) is 13.3 Å². The van der Waals surface area contributed by atoms with Gasteiger partial charge in [0.25, 0.3) is 0 Å². The van der Waals surface area contributed by atoms with Gasteiger partial charge in [-0.3, -0.25) is 4.79 Å². The molecule has 1 heterocycles. The maximum Gasteiger partial charge on any atom is 0.325 e. The molecule has 1 aliphatic rings. The van der Waals surface area contributed by atoms with E-state index >= 15 is 0 Å². The van der Waals surface area contributed by atoms with Crippen LogP contribution in [-0.4, -0.2) is 40.2 Å². The molecular formula is C10H18N2O3S. The van der Waals surface area contributed by atoms with Crippen molar-refractivity contribution < 1.29 is 14.7 Å². The summed E-state index contributed by atoms with van der Waals surface area (Å²) in [5.41, 5.74) is 0. The van der Waals surface area contributed by atoms with Crippen LogP contribution in [0.15, 0.2) is 0 Å². The van der Waals surface area contributed by atoms with E-state index in [1.54, 1.807) is 0 Å². The Balaban J connectivity index is 2.27. The van der Waals surface area contributed by atoms with Crippen LogP contribution in [0, 0.1) is 0 Å². The number of rotatable bonds is 4. The Morgan fingerprint density at radius 3 is 2.75 bits per heavy atom. The number of thioether (sulfide) groups is 1. The molecule has 92 valence electrons. The Hall–Kier alpha value is -0.910. The number of carboxylic acids is 1. The minimum Gasteiger partial charge on any atom is -0.480 e. The van der Waals surface area contributed by atoms with Crippen molar-refractivity contribution >= 4 is 23.8 Å². The summed E-state index contributed by atoms with van der Waals surface area (Å²) in [4.78, 5) is 21.9. The first-order valence-electron chi connectivity index (χ1n) is 5.34. The lowest BCUT2D eigenvalue weighted by Crippen LogP contribution is -2.47. The van der Waals surface area contributed by atoms with Gasteiger partial charge in [0.05, 0.1) is 0 Å². The van der Waals surface area contributed by atoms with Gasteiger partial charge in [0, 0.05) is 11.3 Å². The highest BCUT2D eigenvalue weighted by atomic mass is 32.2. The zero-order valence-corrected chi connectivity index (χ0v) is 10.4. The number of carbonyl (C=O) groups is 2. The molecule has 1 fully saturated rings. The van der Waals surface area contributed by atoms with Crippen molar-refractivity contribution in [2.24, 2.45) is 0 Å². The number of hydrogen-bond donors (Lipinski definition) is 3. The second kappa shape index (κ2) is 5.43. The summed E-state index contributed by atoms with van der Waals surface area (Å²) in [5.74, 6) is 0.0994. The smallest absolute Gasteiger partial charge is 0.325 e. The molecule has 0 spiro atoms.